The Morgan fingerprint density at radius 1 is 1.44 bits per heavy atom. The third kappa shape index (κ3) is 1.83. The first-order valence-corrected chi connectivity index (χ1v) is 3.71. The second kappa shape index (κ2) is 3.02. The topological polar surface area (TPSA) is 26.0 Å². The molecule has 0 aliphatic heterocycles. The van der Waals surface area contributed by atoms with Gasteiger partial charge in [0.1, 0.15) is 0 Å². The summed E-state index contributed by atoms with van der Waals surface area (Å²) in [5.74, 6) is 0.703. The van der Waals surface area contributed by atoms with Crippen molar-refractivity contribution in [2.45, 2.75) is 31.7 Å². The van der Waals surface area contributed by atoms with E-state index in [1.54, 1.807) is 0 Å². The van der Waals surface area contributed by atoms with Gasteiger partial charge in [-0.25, -0.2) is 0 Å². The van der Waals surface area contributed by atoms with Crippen LogP contribution >= 0.6 is 0 Å². The van der Waals surface area contributed by atoms with E-state index in [1.165, 1.54) is 19.3 Å². The van der Waals surface area contributed by atoms with Crippen molar-refractivity contribution >= 4 is 0 Å². The molecular weight excluding hydrogens is 110 g/mol. The number of hydrogen-bond donors (Lipinski definition) is 1. The van der Waals surface area contributed by atoms with Crippen LogP contribution in [0.2, 0.25) is 0 Å². The Morgan fingerprint density at radius 3 is 2.67 bits per heavy atom. The molecule has 1 saturated carbocycles. The zero-order chi connectivity index (χ0) is 6.69. The molecule has 0 amide bonds. The quantitative estimate of drug-likeness (QED) is 0.530. The highest BCUT2D eigenvalue weighted by molar-refractivity contribution is 4.85. The molecule has 1 rings (SSSR count). The zero-order valence-electron chi connectivity index (χ0n) is 5.84. The first-order valence-electron chi connectivity index (χ1n) is 3.71. The van der Waals surface area contributed by atoms with Gasteiger partial charge in [0, 0.05) is 6.04 Å². The van der Waals surface area contributed by atoms with E-state index in [0.717, 1.165) is 6.42 Å². The summed E-state index contributed by atoms with van der Waals surface area (Å²) in [5, 5.41) is 0. The predicted octanol–water partition coefficient (Wildman–Crippen LogP) is 1.69. The Labute approximate surface area is 56.9 Å². The third-order valence-electron chi connectivity index (χ3n) is 2.09. The van der Waals surface area contributed by atoms with Crippen molar-refractivity contribution in [1.29, 1.82) is 0 Å². The molecule has 0 heterocycles. The van der Waals surface area contributed by atoms with Gasteiger partial charge in [-0.05, 0) is 25.2 Å². The van der Waals surface area contributed by atoms with Crippen LogP contribution in [-0.4, -0.2) is 6.04 Å². The monoisotopic (exact) mass is 125 g/mol. The molecule has 1 unspecified atom stereocenters. The summed E-state index contributed by atoms with van der Waals surface area (Å²) in [4.78, 5) is 0. The fraction of sp³-hybridized carbons (Fsp3) is 0.750. The third-order valence-corrected chi connectivity index (χ3v) is 2.09. The van der Waals surface area contributed by atoms with Gasteiger partial charge in [0.25, 0.3) is 0 Å². The molecule has 1 nitrogen and oxygen atoms in total. The lowest BCUT2D eigenvalue weighted by molar-refractivity contribution is 0.373. The van der Waals surface area contributed by atoms with Gasteiger partial charge >= 0.3 is 0 Å². The summed E-state index contributed by atoms with van der Waals surface area (Å²) in [6.45, 7) is 3.76. The van der Waals surface area contributed by atoms with E-state index in [0.29, 0.717) is 12.0 Å². The Morgan fingerprint density at radius 2 is 2.22 bits per heavy atom. The molecule has 0 aromatic carbocycles. The van der Waals surface area contributed by atoms with Crippen LogP contribution in [0.15, 0.2) is 12.7 Å². The Balaban J connectivity index is 2.31. The normalized spacial score (nSPS) is 36.1. The van der Waals surface area contributed by atoms with Crippen LogP contribution in [-0.2, 0) is 0 Å². The van der Waals surface area contributed by atoms with Crippen LogP contribution in [0.3, 0.4) is 0 Å². The molecule has 0 bridgehead atoms. The molecule has 1 fully saturated rings. The summed E-state index contributed by atoms with van der Waals surface area (Å²) >= 11 is 0. The molecule has 0 spiro atoms. The predicted molar refractivity (Wildman–Crippen MR) is 40.1 cm³/mol. The van der Waals surface area contributed by atoms with Crippen LogP contribution in [0.5, 0.6) is 0 Å². The van der Waals surface area contributed by atoms with Gasteiger partial charge in [-0.3, -0.25) is 0 Å². The van der Waals surface area contributed by atoms with Gasteiger partial charge in [-0.1, -0.05) is 12.5 Å². The van der Waals surface area contributed by atoms with Gasteiger partial charge in [-0.2, -0.15) is 0 Å². The van der Waals surface area contributed by atoms with Crippen molar-refractivity contribution in [1.82, 2.24) is 0 Å². The van der Waals surface area contributed by atoms with Crippen molar-refractivity contribution in [3.63, 3.8) is 0 Å². The minimum Gasteiger partial charge on any atom is -0.328 e. The Bertz CT molecular complexity index is 98.7. The Kier molecular flexibility index (Phi) is 2.29. The maximum atomic E-state index is 5.75. The van der Waals surface area contributed by atoms with Gasteiger partial charge in [0.15, 0.2) is 0 Å². The molecule has 1 aliphatic carbocycles. The first kappa shape index (κ1) is 6.81. The largest absolute Gasteiger partial charge is 0.328 e. The van der Waals surface area contributed by atoms with E-state index in [1.807, 2.05) is 6.08 Å². The molecule has 52 valence electrons. The van der Waals surface area contributed by atoms with Crippen LogP contribution in [0.4, 0.5) is 0 Å². The Hall–Kier alpha value is -0.300. The average Bonchev–Trinajstić information content (AvgIpc) is 1.88. The number of rotatable bonds is 1. The number of allylic oxidation sites excluding steroid dienone is 1. The summed E-state index contributed by atoms with van der Waals surface area (Å²) in [6, 6.07) is 0.446. The molecule has 0 aromatic heterocycles. The standard InChI is InChI=1S/C8H15N/c1-2-7-4-3-5-8(9)6-7/h2,7-8H,1,3-6,9H2/t7?,8-/m1/s1. The average molecular weight is 125 g/mol. The SMILES string of the molecule is C=CC1CCC[C@@H](N)C1. The minimum absolute atomic E-state index is 0.446. The molecule has 0 radical (unpaired) electrons. The first-order chi connectivity index (χ1) is 4.33. The van der Waals surface area contributed by atoms with Gasteiger partial charge in [-0.15, -0.1) is 6.58 Å². The van der Waals surface area contributed by atoms with Crippen molar-refractivity contribution in [3.05, 3.63) is 12.7 Å². The summed E-state index contributed by atoms with van der Waals surface area (Å²) in [7, 11) is 0. The molecule has 0 saturated heterocycles. The van der Waals surface area contributed by atoms with E-state index >= 15 is 0 Å². The van der Waals surface area contributed by atoms with E-state index < -0.39 is 0 Å². The number of hydrogen-bond acceptors (Lipinski definition) is 1. The molecule has 1 heteroatoms. The second-order valence-corrected chi connectivity index (χ2v) is 2.92. The second-order valence-electron chi connectivity index (χ2n) is 2.92. The zero-order valence-corrected chi connectivity index (χ0v) is 5.84. The number of nitrogens with two attached hydrogens (primary N) is 1. The van der Waals surface area contributed by atoms with E-state index in [9.17, 15) is 0 Å². The highest BCUT2D eigenvalue weighted by Crippen LogP contribution is 2.23. The molecule has 2 atom stereocenters. The van der Waals surface area contributed by atoms with Crippen molar-refractivity contribution in [3.8, 4) is 0 Å². The highest BCUT2D eigenvalue weighted by atomic mass is 14.6. The maximum Gasteiger partial charge on any atom is 0.00444 e. The fourth-order valence-electron chi connectivity index (χ4n) is 1.48. The van der Waals surface area contributed by atoms with Crippen molar-refractivity contribution in [2.24, 2.45) is 11.7 Å². The van der Waals surface area contributed by atoms with Crippen LogP contribution in [0.1, 0.15) is 25.7 Å². The fourth-order valence-corrected chi connectivity index (χ4v) is 1.48. The van der Waals surface area contributed by atoms with Gasteiger partial charge < -0.3 is 5.73 Å². The molecular formula is C8H15N. The van der Waals surface area contributed by atoms with Crippen LogP contribution < -0.4 is 5.73 Å². The lowest BCUT2D eigenvalue weighted by atomic mass is 9.86. The van der Waals surface area contributed by atoms with Crippen molar-refractivity contribution in [2.75, 3.05) is 0 Å². The van der Waals surface area contributed by atoms with E-state index in [-0.39, 0.29) is 0 Å². The van der Waals surface area contributed by atoms with E-state index in [4.69, 9.17) is 5.73 Å². The maximum absolute atomic E-state index is 5.75. The van der Waals surface area contributed by atoms with Gasteiger partial charge in [0.2, 0.25) is 0 Å². The lowest BCUT2D eigenvalue weighted by Gasteiger charge is -2.23. The highest BCUT2D eigenvalue weighted by Gasteiger charge is 2.15. The minimum atomic E-state index is 0.446. The van der Waals surface area contributed by atoms with Crippen molar-refractivity contribution < 1.29 is 0 Å². The van der Waals surface area contributed by atoms with Crippen LogP contribution in [0.25, 0.3) is 0 Å². The molecule has 2 N–H and O–H groups in total. The summed E-state index contributed by atoms with van der Waals surface area (Å²) in [5.41, 5.74) is 5.75. The molecule has 1 aliphatic rings. The molecule has 0 aromatic rings. The van der Waals surface area contributed by atoms with Crippen LogP contribution in [0, 0.1) is 5.92 Å². The van der Waals surface area contributed by atoms with E-state index in [2.05, 4.69) is 6.58 Å². The summed E-state index contributed by atoms with van der Waals surface area (Å²) in [6.07, 6.45) is 7.00. The van der Waals surface area contributed by atoms with Gasteiger partial charge in [0.05, 0.1) is 0 Å². The smallest absolute Gasteiger partial charge is 0.00444 e. The summed E-state index contributed by atoms with van der Waals surface area (Å²) < 4.78 is 0. The lowest BCUT2D eigenvalue weighted by Crippen LogP contribution is -2.26. The molecule has 9 heavy (non-hydrogen) atoms.